The minimum Gasteiger partial charge on any atom is -0.351 e. The number of sulfonamides is 1. The number of amides is 1. The first-order valence-corrected chi connectivity index (χ1v) is 8.91. The van der Waals surface area contributed by atoms with E-state index in [-0.39, 0.29) is 11.7 Å². The quantitative estimate of drug-likeness (QED) is 0.541. The summed E-state index contributed by atoms with van der Waals surface area (Å²) in [7, 11) is -3.16. The molecule has 0 aliphatic carbocycles. The monoisotopic (exact) mass is 320 g/mol. The van der Waals surface area contributed by atoms with Crippen molar-refractivity contribution in [3.05, 3.63) is 16.1 Å². The number of carbonyl (C=O) groups is 1. The van der Waals surface area contributed by atoms with Gasteiger partial charge in [-0.3, -0.25) is 4.79 Å². The Morgan fingerprint density at radius 2 is 2.20 bits per heavy atom. The van der Waals surface area contributed by atoms with E-state index in [0.29, 0.717) is 38.2 Å². The first-order chi connectivity index (χ1) is 9.48. The van der Waals surface area contributed by atoms with Gasteiger partial charge < -0.3 is 11.1 Å². The van der Waals surface area contributed by atoms with E-state index in [0.717, 1.165) is 5.01 Å². The highest BCUT2D eigenvalue weighted by Crippen LogP contribution is 2.09. The average Bonchev–Trinajstić information content (AvgIpc) is 2.87. The van der Waals surface area contributed by atoms with Crippen molar-refractivity contribution in [2.24, 2.45) is 5.73 Å². The van der Waals surface area contributed by atoms with Crippen LogP contribution in [-0.2, 0) is 16.4 Å². The van der Waals surface area contributed by atoms with E-state index < -0.39 is 10.0 Å². The molecule has 0 saturated heterocycles. The van der Waals surface area contributed by atoms with Gasteiger partial charge in [0.15, 0.2) is 0 Å². The number of nitrogens with zero attached hydrogens (tertiary/aromatic N) is 1. The van der Waals surface area contributed by atoms with E-state index in [4.69, 9.17) is 5.73 Å². The highest BCUT2D eigenvalue weighted by Gasteiger charge is 2.10. The minimum atomic E-state index is -3.16. The Kier molecular flexibility index (Phi) is 7.06. The van der Waals surface area contributed by atoms with Crippen LogP contribution in [0.4, 0.5) is 0 Å². The van der Waals surface area contributed by atoms with Crippen LogP contribution >= 0.6 is 11.3 Å². The van der Waals surface area contributed by atoms with Gasteiger partial charge in [0.25, 0.3) is 5.91 Å². The molecule has 9 heteroatoms. The third-order valence-electron chi connectivity index (χ3n) is 2.48. The summed E-state index contributed by atoms with van der Waals surface area (Å²) in [6.45, 7) is 2.79. The zero-order valence-electron chi connectivity index (χ0n) is 11.4. The van der Waals surface area contributed by atoms with Crippen molar-refractivity contribution < 1.29 is 13.2 Å². The van der Waals surface area contributed by atoms with Crippen LogP contribution in [0.25, 0.3) is 0 Å². The lowest BCUT2D eigenvalue weighted by Crippen LogP contribution is -2.30. The van der Waals surface area contributed by atoms with Crippen LogP contribution in [0.5, 0.6) is 0 Å². The van der Waals surface area contributed by atoms with Crippen LogP contribution in [0.15, 0.2) is 5.38 Å². The third-order valence-corrected chi connectivity index (χ3v) is 4.80. The van der Waals surface area contributed by atoms with E-state index in [9.17, 15) is 13.2 Å². The first-order valence-electron chi connectivity index (χ1n) is 6.38. The minimum absolute atomic E-state index is 0.0576. The van der Waals surface area contributed by atoms with Gasteiger partial charge in [0.1, 0.15) is 5.69 Å². The molecule has 0 fully saturated rings. The lowest BCUT2D eigenvalue weighted by Gasteiger charge is -2.05. The SMILES string of the molecule is CCS(=O)(=O)NCCCNC(=O)c1csc(CCN)n1. The molecule has 0 unspecified atom stereocenters. The van der Waals surface area contributed by atoms with Crippen molar-refractivity contribution in [1.82, 2.24) is 15.0 Å². The molecule has 1 aromatic rings. The van der Waals surface area contributed by atoms with Gasteiger partial charge in [-0.2, -0.15) is 0 Å². The van der Waals surface area contributed by atoms with Crippen LogP contribution in [0.2, 0.25) is 0 Å². The van der Waals surface area contributed by atoms with Gasteiger partial charge in [0.05, 0.1) is 10.8 Å². The number of nitrogens with one attached hydrogen (secondary N) is 2. The first kappa shape index (κ1) is 17.0. The molecule has 4 N–H and O–H groups in total. The summed E-state index contributed by atoms with van der Waals surface area (Å²) in [5.74, 6) is -0.190. The largest absolute Gasteiger partial charge is 0.351 e. The zero-order chi connectivity index (χ0) is 15.0. The lowest BCUT2D eigenvalue weighted by molar-refractivity contribution is 0.0949. The van der Waals surface area contributed by atoms with E-state index in [1.807, 2.05) is 0 Å². The Balaban J connectivity index is 2.26. The fourth-order valence-electron chi connectivity index (χ4n) is 1.36. The van der Waals surface area contributed by atoms with Crippen molar-refractivity contribution >= 4 is 27.3 Å². The number of rotatable bonds is 9. The Bertz CT molecular complexity index is 528. The number of carbonyl (C=O) groups excluding carboxylic acids is 1. The molecular weight excluding hydrogens is 300 g/mol. The van der Waals surface area contributed by atoms with Gasteiger partial charge in [-0.1, -0.05) is 0 Å². The highest BCUT2D eigenvalue weighted by atomic mass is 32.2. The zero-order valence-corrected chi connectivity index (χ0v) is 13.0. The second kappa shape index (κ2) is 8.30. The van der Waals surface area contributed by atoms with E-state index in [1.54, 1.807) is 12.3 Å². The maximum Gasteiger partial charge on any atom is 0.270 e. The second-order valence-electron chi connectivity index (χ2n) is 4.07. The third kappa shape index (κ3) is 5.95. The molecule has 0 saturated carbocycles. The fourth-order valence-corrected chi connectivity index (χ4v) is 2.82. The molecule has 20 heavy (non-hydrogen) atoms. The molecule has 0 atom stereocenters. The van der Waals surface area contributed by atoms with Gasteiger partial charge in [0.2, 0.25) is 10.0 Å². The maximum atomic E-state index is 11.7. The van der Waals surface area contributed by atoms with Crippen molar-refractivity contribution in [1.29, 1.82) is 0 Å². The molecule has 0 aliphatic heterocycles. The standard InChI is InChI=1S/C11H20N4O3S2/c1-2-20(17,18)14-7-3-6-13-11(16)9-8-19-10(15-9)4-5-12/h8,14H,2-7,12H2,1H3,(H,13,16). The van der Waals surface area contributed by atoms with Crippen LogP contribution in [0.1, 0.15) is 28.8 Å². The molecule has 114 valence electrons. The molecule has 0 spiro atoms. The molecular formula is C11H20N4O3S2. The summed E-state index contributed by atoms with van der Waals surface area (Å²) in [6.07, 6.45) is 1.20. The van der Waals surface area contributed by atoms with E-state index in [2.05, 4.69) is 15.0 Å². The number of thiazole rings is 1. The number of hydrogen-bond acceptors (Lipinski definition) is 6. The molecule has 1 heterocycles. The van der Waals surface area contributed by atoms with Gasteiger partial charge in [-0.15, -0.1) is 11.3 Å². The van der Waals surface area contributed by atoms with E-state index in [1.165, 1.54) is 11.3 Å². The summed E-state index contributed by atoms with van der Waals surface area (Å²) >= 11 is 1.41. The van der Waals surface area contributed by atoms with Crippen molar-refractivity contribution in [3.8, 4) is 0 Å². The van der Waals surface area contributed by atoms with Gasteiger partial charge in [-0.05, 0) is 19.9 Å². The van der Waals surface area contributed by atoms with Crippen LogP contribution < -0.4 is 15.8 Å². The number of nitrogens with two attached hydrogens (primary N) is 1. The summed E-state index contributed by atoms with van der Waals surface area (Å²) in [6, 6.07) is 0. The van der Waals surface area contributed by atoms with Crippen LogP contribution in [0, 0.1) is 0 Å². The van der Waals surface area contributed by atoms with Crippen molar-refractivity contribution in [2.45, 2.75) is 19.8 Å². The summed E-state index contributed by atoms with van der Waals surface area (Å²) in [5, 5.41) is 5.23. The Morgan fingerprint density at radius 1 is 1.45 bits per heavy atom. The van der Waals surface area contributed by atoms with Gasteiger partial charge in [0, 0.05) is 24.9 Å². The van der Waals surface area contributed by atoms with Crippen LogP contribution in [0.3, 0.4) is 0 Å². The van der Waals surface area contributed by atoms with Crippen LogP contribution in [-0.4, -0.2) is 44.7 Å². The summed E-state index contributed by atoms with van der Waals surface area (Å²) < 4.78 is 24.8. The second-order valence-corrected chi connectivity index (χ2v) is 7.11. The van der Waals surface area contributed by atoms with Crippen molar-refractivity contribution in [3.63, 3.8) is 0 Å². The molecule has 1 aromatic heterocycles. The predicted octanol–water partition coefficient (Wildman–Crippen LogP) is -0.296. The molecule has 0 aliphatic rings. The Morgan fingerprint density at radius 3 is 2.85 bits per heavy atom. The molecule has 7 nitrogen and oxygen atoms in total. The number of hydrogen-bond donors (Lipinski definition) is 3. The highest BCUT2D eigenvalue weighted by molar-refractivity contribution is 7.89. The summed E-state index contributed by atoms with van der Waals surface area (Å²) in [5.41, 5.74) is 5.80. The molecule has 0 aromatic carbocycles. The Labute approximate surface area is 123 Å². The Hall–Kier alpha value is -1.03. The van der Waals surface area contributed by atoms with Gasteiger partial charge >= 0.3 is 0 Å². The number of aromatic nitrogens is 1. The fraction of sp³-hybridized carbons (Fsp3) is 0.636. The molecule has 0 radical (unpaired) electrons. The molecule has 1 amide bonds. The topological polar surface area (TPSA) is 114 Å². The predicted molar refractivity (Wildman–Crippen MR) is 79.3 cm³/mol. The smallest absolute Gasteiger partial charge is 0.270 e. The van der Waals surface area contributed by atoms with Gasteiger partial charge in [-0.25, -0.2) is 18.1 Å². The lowest BCUT2D eigenvalue weighted by atomic mass is 10.4. The maximum absolute atomic E-state index is 11.7. The average molecular weight is 320 g/mol. The summed E-state index contributed by atoms with van der Waals surface area (Å²) in [4.78, 5) is 15.9. The van der Waals surface area contributed by atoms with E-state index >= 15 is 0 Å². The molecule has 0 bridgehead atoms. The molecule has 1 rings (SSSR count). The normalized spacial score (nSPS) is 11.5. The van der Waals surface area contributed by atoms with Crippen molar-refractivity contribution in [2.75, 3.05) is 25.4 Å².